The summed E-state index contributed by atoms with van der Waals surface area (Å²) in [5.41, 5.74) is 3.57. The number of carbonyl (C=O) groups is 1. The lowest BCUT2D eigenvalue weighted by Gasteiger charge is -2.13. The van der Waals surface area contributed by atoms with E-state index < -0.39 is 0 Å². The van der Waals surface area contributed by atoms with Crippen LogP contribution in [-0.2, 0) is 0 Å². The monoisotopic (exact) mass is 403 g/mol. The molecule has 4 rings (SSSR count). The number of ether oxygens (including phenoxy) is 1. The van der Waals surface area contributed by atoms with Crippen molar-refractivity contribution in [2.45, 2.75) is 0 Å². The van der Waals surface area contributed by atoms with E-state index in [9.17, 15) is 4.79 Å². The minimum absolute atomic E-state index is 0.265. The first-order chi connectivity index (χ1) is 14.2. The molecule has 0 aliphatic carbocycles. The predicted octanol–water partition coefficient (Wildman–Crippen LogP) is 4.60. The molecule has 0 aliphatic heterocycles. The van der Waals surface area contributed by atoms with E-state index in [0.717, 1.165) is 16.9 Å². The molecular formula is C21H17N5O2S. The quantitative estimate of drug-likeness (QED) is 0.489. The molecule has 2 heterocycles. The number of nitrogens with one attached hydrogen (secondary N) is 2. The number of nitrogens with zero attached hydrogens (tertiary/aromatic N) is 3. The van der Waals surface area contributed by atoms with E-state index in [2.05, 4.69) is 25.2 Å². The van der Waals surface area contributed by atoms with Crippen LogP contribution in [0.25, 0.3) is 11.3 Å². The van der Waals surface area contributed by atoms with Gasteiger partial charge in [0.2, 0.25) is 0 Å². The number of benzene rings is 2. The molecule has 2 aromatic heterocycles. The third-order valence-corrected chi connectivity index (χ3v) is 4.72. The average molecular weight is 403 g/mol. The molecule has 4 aromatic rings. The first kappa shape index (κ1) is 18.6. The topological polar surface area (TPSA) is 89.0 Å². The molecule has 0 aliphatic rings. The van der Waals surface area contributed by atoms with Crippen LogP contribution in [0.2, 0.25) is 0 Å². The standard InChI is InChI=1S/C21H17N5O2S/c1-28-19-7-3-2-6-17(19)24-20-16(5-4-12-22-20)21(27)23-15-10-8-14(9-11-15)18-13-29-26-25-18/h2-13H,1H3,(H,22,24)(H,23,27). The van der Waals surface area contributed by atoms with Crippen LogP contribution >= 0.6 is 11.5 Å². The number of methoxy groups -OCH3 is 1. The van der Waals surface area contributed by atoms with Gasteiger partial charge in [0.25, 0.3) is 5.91 Å². The lowest BCUT2D eigenvalue weighted by atomic mass is 10.1. The van der Waals surface area contributed by atoms with Gasteiger partial charge in [-0.25, -0.2) is 4.98 Å². The van der Waals surface area contributed by atoms with Gasteiger partial charge in [0.15, 0.2) is 0 Å². The Morgan fingerprint density at radius 1 is 1.03 bits per heavy atom. The van der Waals surface area contributed by atoms with Gasteiger partial charge < -0.3 is 15.4 Å². The van der Waals surface area contributed by atoms with Gasteiger partial charge in [0.1, 0.15) is 17.3 Å². The summed E-state index contributed by atoms with van der Waals surface area (Å²) in [6.45, 7) is 0. The maximum atomic E-state index is 12.9. The second-order valence-corrected chi connectivity index (χ2v) is 6.66. The highest BCUT2D eigenvalue weighted by Crippen LogP contribution is 2.28. The van der Waals surface area contributed by atoms with Gasteiger partial charge in [-0.1, -0.05) is 28.8 Å². The number of carbonyl (C=O) groups excluding carboxylic acids is 1. The summed E-state index contributed by atoms with van der Waals surface area (Å²) >= 11 is 1.30. The van der Waals surface area contributed by atoms with Crippen molar-refractivity contribution in [3.63, 3.8) is 0 Å². The van der Waals surface area contributed by atoms with Crippen LogP contribution < -0.4 is 15.4 Å². The molecule has 144 valence electrons. The zero-order valence-corrected chi connectivity index (χ0v) is 16.3. The molecule has 0 atom stereocenters. The van der Waals surface area contributed by atoms with Crippen LogP contribution in [0.15, 0.2) is 72.2 Å². The van der Waals surface area contributed by atoms with E-state index in [4.69, 9.17) is 4.74 Å². The number of amides is 1. The lowest BCUT2D eigenvalue weighted by Crippen LogP contribution is -2.14. The van der Waals surface area contributed by atoms with E-state index in [-0.39, 0.29) is 5.91 Å². The van der Waals surface area contributed by atoms with Crippen LogP contribution in [0.1, 0.15) is 10.4 Å². The van der Waals surface area contributed by atoms with Crippen molar-refractivity contribution in [3.8, 4) is 17.0 Å². The van der Waals surface area contributed by atoms with Crippen molar-refractivity contribution in [1.29, 1.82) is 0 Å². The average Bonchev–Trinajstić information content (AvgIpc) is 3.30. The van der Waals surface area contributed by atoms with Gasteiger partial charge in [0, 0.05) is 22.8 Å². The van der Waals surface area contributed by atoms with Gasteiger partial charge in [-0.2, -0.15) is 0 Å². The third kappa shape index (κ3) is 4.22. The second kappa shape index (κ2) is 8.49. The van der Waals surface area contributed by atoms with Gasteiger partial charge >= 0.3 is 0 Å². The molecule has 1 amide bonds. The van der Waals surface area contributed by atoms with E-state index in [1.165, 1.54) is 11.5 Å². The summed E-state index contributed by atoms with van der Waals surface area (Å²) in [5, 5.41) is 12.0. The molecule has 0 fully saturated rings. The van der Waals surface area contributed by atoms with E-state index in [1.807, 2.05) is 53.9 Å². The van der Waals surface area contributed by atoms with Gasteiger partial charge in [0.05, 0.1) is 18.4 Å². The Labute approximate surface area is 171 Å². The van der Waals surface area contributed by atoms with Crippen molar-refractivity contribution in [1.82, 2.24) is 14.6 Å². The lowest BCUT2D eigenvalue weighted by molar-refractivity contribution is 0.102. The molecule has 7 nitrogen and oxygen atoms in total. The smallest absolute Gasteiger partial charge is 0.259 e. The Bertz CT molecular complexity index is 1110. The summed E-state index contributed by atoms with van der Waals surface area (Å²) in [7, 11) is 1.60. The maximum Gasteiger partial charge on any atom is 0.259 e. The number of para-hydroxylation sites is 2. The molecule has 0 unspecified atom stereocenters. The number of aromatic nitrogens is 3. The first-order valence-electron chi connectivity index (χ1n) is 8.78. The molecule has 0 radical (unpaired) electrons. The minimum Gasteiger partial charge on any atom is -0.495 e. The van der Waals surface area contributed by atoms with Crippen LogP contribution in [-0.4, -0.2) is 27.6 Å². The molecule has 0 saturated carbocycles. The summed E-state index contributed by atoms with van der Waals surface area (Å²) < 4.78 is 9.22. The Balaban J connectivity index is 1.53. The summed E-state index contributed by atoms with van der Waals surface area (Å²) in [6.07, 6.45) is 1.63. The molecule has 2 N–H and O–H groups in total. The SMILES string of the molecule is COc1ccccc1Nc1ncccc1C(=O)Nc1ccc(-c2csnn2)cc1. The summed E-state index contributed by atoms with van der Waals surface area (Å²) in [5.74, 6) is 0.842. The molecule has 0 saturated heterocycles. The number of pyridine rings is 1. The van der Waals surface area contributed by atoms with E-state index in [0.29, 0.717) is 22.8 Å². The number of anilines is 3. The highest BCUT2D eigenvalue weighted by atomic mass is 32.1. The number of hydrogen-bond donors (Lipinski definition) is 2. The minimum atomic E-state index is -0.265. The van der Waals surface area contributed by atoms with Crippen molar-refractivity contribution < 1.29 is 9.53 Å². The van der Waals surface area contributed by atoms with E-state index in [1.54, 1.807) is 25.4 Å². The highest BCUT2D eigenvalue weighted by molar-refractivity contribution is 7.03. The maximum absolute atomic E-state index is 12.9. The first-order valence-corrected chi connectivity index (χ1v) is 9.62. The van der Waals surface area contributed by atoms with Crippen LogP contribution in [0.4, 0.5) is 17.2 Å². The molecule has 0 bridgehead atoms. The largest absolute Gasteiger partial charge is 0.495 e. The van der Waals surface area contributed by atoms with Crippen molar-refractivity contribution in [3.05, 3.63) is 77.8 Å². The van der Waals surface area contributed by atoms with Crippen molar-refractivity contribution in [2.75, 3.05) is 17.7 Å². The fourth-order valence-corrected chi connectivity index (χ4v) is 3.24. The molecule has 8 heteroatoms. The Morgan fingerprint density at radius 2 is 1.86 bits per heavy atom. The third-order valence-electron chi connectivity index (χ3n) is 4.21. The highest BCUT2D eigenvalue weighted by Gasteiger charge is 2.14. The fourth-order valence-electron chi connectivity index (χ4n) is 2.78. The molecule has 0 spiro atoms. The van der Waals surface area contributed by atoms with Gasteiger partial charge in [-0.15, -0.1) is 5.10 Å². The van der Waals surface area contributed by atoms with Crippen LogP contribution in [0.5, 0.6) is 5.75 Å². The summed E-state index contributed by atoms with van der Waals surface area (Å²) in [4.78, 5) is 17.2. The van der Waals surface area contributed by atoms with Crippen molar-refractivity contribution >= 4 is 34.6 Å². The fraction of sp³-hybridized carbons (Fsp3) is 0.0476. The van der Waals surface area contributed by atoms with E-state index >= 15 is 0 Å². The molecule has 29 heavy (non-hydrogen) atoms. The van der Waals surface area contributed by atoms with Gasteiger partial charge in [-0.05, 0) is 47.9 Å². The molecular weight excluding hydrogens is 386 g/mol. The zero-order valence-electron chi connectivity index (χ0n) is 15.5. The normalized spacial score (nSPS) is 10.4. The Morgan fingerprint density at radius 3 is 2.62 bits per heavy atom. The molecule has 2 aromatic carbocycles. The second-order valence-electron chi connectivity index (χ2n) is 6.05. The summed E-state index contributed by atoms with van der Waals surface area (Å²) in [6, 6.07) is 18.3. The van der Waals surface area contributed by atoms with Crippen molar-refractivity contribution in [2.24, 2.45) is 0 Å². The Kier molecular flexibility index (Phi) is 5.44. The van der Waals surface area contributed by atoms with Crippen LogP contribution in [0.3, 0.4) is 0 Å². The number of rotatable bonds is 6. The number of hydrogen-bond acceptors (Lipinski definition) is 7. The Hall–Kier alpha value is -3.78. The zero-order chi connectivity index (χ0) is 20.1. The predicted molar refractivity (Wildman–Crippen MR) is 114 cm³/mol. The van der Waals surface area contributed by atoms with Gasteiger partial charge in [-0.3, -0.25) is 4.79 Å². The van der Waals surface area contributed by atoms with Crippen LogP contribution in [0, 0.1) is 0 Å².